The van der Waals surface area contributed by atoms with Crippen molar-refractivity contribution in [2.75, 3.05) is 13.1 Å². The SMILES string of the molecule is IN1CCC(OCc2cccnc2)CC1. The van der Waals surface area contributed by atoms with E-state index >= 15 is 0 Å². The van der Waals surface area contributed by atoms with Gasteiger partial charge in [-0.1, -0.05) is 6.07 Å². The monoisotopic (exact) mass is 318 g/mol. The van der Waals surface area contributed by atoms with Crippen molar-refractivity contribution in [2.45, 2.75) is 25.6 Å². The van der Waals surface area contributed by atoms with Crippen molar-refractivity contribution < 1.29 is 4.74 Å². The lowest BCUT2D eigenvalue weighted by Crippen LogP contribution is -2.30. The van der Waals surface area contributed by atoms with Crippen molar-refractivity contribution in [3.63, 3.8) is 0 Å². The van der Waals surface area contributed by atoms with Crippen LogP contribution in [0.25, 0.3) is 0 Å². The summed E-state index contributed by atoms with van der Waals surface area (Å²) in [5.41, 5.74) is 1.16. The van der Waals surface area contributed by atoms with Crippen molar-refractivity contribution >= 4 is 22.9 Å². The summed E-state index contributed by atoms with van der Waals surface area (Å²) in [7, 11) is 0. The van der Waals surface area contributed by atoms with Gasteiger partial charge in [-0.2, -0.15) is 0 Å². The van der Waals surface area contributed by atoms with Crippen LogP contribution in [-0.4, -0.2) is 27.3 Å². The van der Waals surface area contributed by atoms with Crippen molar-refractivity contribution in [1.29, 1.82) is 0 Å². The number of aromatic nitrogens is 1. The van der Waals surface area contributed by atoms with Crippen LogP contribution in [0.4, 0.5) is 0 Å². The smallest absolute Gasteiger partial charge is 0.0735 e. The molecular formula is C11H15IN2O. The first-order valence-electron chi connectivity index (χ1n) is 5.26. The van der Waals surface area contributed by atoms with Crippen LogP contribution < -0.4 is 0 Å². The van der Waals surface area contributed by atoms with Gasteiger partial charge in [0.1, 0.15) is 0 Å². The van der Waals surface area contributed by atoms with Crippen LogP contribution in [0.1, 0.15) is 18.4 Å². The second kappa shape index (κ2) is 5.77. The molecule has 0 saturated carbocycles. The Morgan fingerprint density at radius 2 is 2.27 bits per heavy atom. The summed E-state index contributed by atoms with van der Waals surface area (Å²) in [5.74, 6) is 0. The van der Waals surface area contributed by atoms with E-state index in [1.54, 1.807) is 6.20 Å². The number of nitrogens with zero attached hydrogens (tertiary/aromatic N) is 2. The molecule has 0 atom stereocenters. The number of piperidine rings is 1. The number of hydrogen-bond acceptors (Lipinski definition) is 3. The molecule has 0 spiro atoms. The van der Waals surface area contributed by atoms with Crippen molar-refractivity contribution in [3.8, 4) is 0 Å². The Bertz CT molecular complexity index is 286. The standard InChI is InChI=1S/C11H15IN2O/c12-14-6-3-11(4-7-14)15-9-10-2-1-5-13-8-10/h1-2,5,8,11H,3-4,6-7,9H2. The predicted octanol–water partition coefficient (Wildman–Crippen LogP) is 2.41. The van der Waals surface area contributed by atoms with Crippen LogP contribution in [0.5, 0.6) is 0 Å². The van der Waals surface area contributed by atoms with E-state index in [0.29, 0.717) is 12.7 Å². The molecule has 1 fully saturated rings. The van der Waals surface area contributed by atoms with E-state index in [1.165, 1.54) is 0 Å². The number of ether oxygens (including phenoxy) is 1. The second-order valence-corrected chi connectivity index (χ2v) is 5.15. The van der Waals surface area contributed by atoms with Gasteiger partial charge in [-0.05, 0) is 24.5 Å². The maximum atomic E-state index is 5.85. The molecule has 1 aromatic heterocycles. The van der Waals surface area contributed by atoms with Gasteiger partial charge in [-0.3, -0.25) is 4.98 Å². The highest BCUT2D eigenvalue weighted by atomic mass is 127. The van der Waals surface area contributed by atoms with Gasteiger partial charge in [0.15, 0.2) is 0 Å². The maximum absolute atomic E-state index is 5.85. The molecule has 0 aliphatic carbocycles. The second-order valence-electron chi connectivity index (χ2n) is 3.78. The zero-order chi connectivity index (χ0) is 10.5. The molecule has 0 amide bonds. The molecule has 15 heavy (non-hydrogen) atoms. The normalized spacial score (nSPS) is 19.3. The van der Waals surface area contributed by atoms with Crippen LogP contribution in [0, 0.1) is 0 Å². The van der Waals surface area contributed by atoms with E-state index in [0.717, 1.165) is 31.5 Å². The predicted molar refractivity (Wildman–Crippen MR) is 67.6 cm³/mol. The maximum Gasteiger partial charge on any atom is 0.0735 e. The van der Waals surface area contributed by atoms with Gasteiger partial charge >= 0.3 is 0 Å². The molecule has 0 radical (unpaired) electrons. The molecule has 2 rings (SSSR count). The Morgan fingerprint density at radius 1 is 1.47 bits per heavy atom. The third-order valence-electron chi connectivity index (χ3n) is 2.60. The van der Waals surface area contributed by atoms with Gasteiger partial charge in [-0.25, -0.2) is 3.11 Å². The summed E-state index contributed by atoms with van der Waals surface area (Å²) in [6.45, 7) is 2.97. The topological polar surface area (TPSA) is 25.4 Å². The van der Waals surface area contributed by atoms with Gasteiger partial charge in [-0.15, -0.1) is 0 Å². The van der Waals surface area contributed by atoms with Crippen molar-refractivity contribution in [3.05, 3.63) is 30.1 Å². The van der Waals surface area contributed by atoms with Crippen molar-refractivity contribution in [2.24, 2.45) is 0 Å². The van der Waals surface area contributed by atoms with Gasteiger partial charge in [0.2, 0.25) is 0 Å². The molecule has 1 aromatic rings. The number of pyridine rings is 1. The highest BCUT2D eigenvalue weighted by Gasteiger charge is 2.17. The van der Waals surface area contributed by atoms with Crippen LogP contribution >= 0.6 is 22.9 Å². The first-order valence-corrected chi connectivity index (χ1v) is 6.22. The molecule has 3 nitrogen and oxygen atoms in total. The van der Waals surface area contributed by atoms with Gasteiger partial charge in [0, 0.05) is 48.3 Å². The summed E-state index contributed by atoms with van der Waals surface area (Å²) in [6.07, 6.45) is 6.37. The third kappa shape index (κ3) is 3.70. The van der Waals surface area contributed by atoms with Crippen LogP contribution in [-0.2, 0) is 11.3 Å². The fourth-order valence-corrected chi connectivity index (χ4v) is 2.25. The fourth-order valence-electron chi connectivity index (χ4n) is 1.69. The average molecular weight is 318 g/mol. The Balaban J connectivity index is 1.74. The summed E-state index contributed by atoms with van der Waals surface area (Å²) in [6, 6.07) is 4.01. The minimum Gasteiger partial charge on any atom is -0.373 e. The number of halogens is 1. The van der Waals surface area contributed by atoms with Gasteiger partial charge in [0.05, 0.1) is 12.7 Å². The summed E-state index contributed by atoms with van der Waals surface area (Å²) in [5, 5.41) is 0. The molecule has 0 unspecified atom stereocenters. The lowest BCUT2D eigenvalue weighted by atomic mass is 10.1. The first-order chi connectivity index (χ1) is 7.34. The van der Waals surface area contributed by atoms with Crippen LogP contribution in [0.3, 0.4) is 0 Å². The highest BCUT2D eigenvalue weighted by Crippen LogP contribution is 2.17. The number of hydrogen-bond donors (Lipinski definition) is 0. The Labute approximate surface area is 104 Å². The van der Waals surface area contributed by atoms with E-state index in [2.05, 4.69) is 37.0 Å². The Hall–Kier alpha value is -0.200. The summed E-state index contributed by atoms with van der Waals surface area (Å²) in [4.78, 5) is 4.07. The molecule has 2 heterocycles. The van der Waals surface area contributed by atoms with Crippen molar-refractivity contribution in [1.82, 2.24) is 8.10 Å². The van der Waals surface area contributed by atoms with E-state index in [4.69, 9.17) is 4.74 Å². The quantitative estimate of drug-likeness (QED) is 0.632. The molecule has 4 heteroatoms. The van der Waals surface area contributed by atoms with Crippen LogP contribution in [0.15, 0.2) is 24.5 Å². The molecule has 1 aliphatic heterocycles. The fraction of sp³-hybridized carbons (Fsp3) is 0.545. The molecule has 1 aliphatic rings. The highest BCUT2D eigenvalue weighted by molar-refractivity contribution is 14.1. The van der Waals surface area contributed by atoms with E-state index < -0.39 is 0 Å². The van der Waals surface area contributed by atoms with E-state index in [1.807, 2.05) is 12.3 Å². The molecule has 0 bridgehead atoms. The van der Waals surface area contributed by atoms with Crippen LogP contribution in [0.2, 0.25) is 0 Å². The Morgan fingerprint density at radius 3 is 2.93 bits per heavy atom. The summed E-state index contributed by atoms with van der Waals surface area (Å²) >= 11 is 2.37. The minimum atomic E-state index is 0.427. The third-order valence-corrected chi connectivity index (χ3v) is 3.56. The van der Waals surface area contributed by atoms with E-state index in [9.17, 15) is 0 Å². The molecule has 82 valence electrons. The first kappa shape index (κ1) is 11.3. The van der Waals surface area contributed by atoms with Gasteiger partial charge < -0.3 is 4.74 Å². The lowest BCUT2D eigenvalue weighted by molar-refractivity contribution is 0.0133. The molecular weight excluding hydrogens is 303 g/mol. The summed E-state index contributed by atoms with van der Waals surface area (Å²) < 4.78 is 8.17. The average Bonchev–Trinajstić information content (AvgIpc) is 2.30. The number of rotatable bonds is 3. The minimum absolute atomic E-state index is 0.427. The largest absolute Gasteiger partial charge is 0.373 e. The Kier molecular flexibility index (Phi) is 4.34. The molecule has 1 saturated heterocycles. The zero-order valence-corrected chi connectivity index (χ0v) is 10.8. The lowest BCUT2D eigenvalue weighted by Gasteiger charge is -2.27. The zero-order valence-electron chi connectivity index (χ0n) is 8.60. The molecule has 0 N–H and O–H groups in total. The molecule has 0 aromatic carbocycles. The van der Waals surface area contributed by atoms with E-state index in [-0.39, 0.29) is 0 Å². The van der Waals surface area contributed by atoms with Gasteiger partial charge in [0.25, 0.3) is 0 Å².